The predicted molar refractivity (Wildman–Crippen MR) is 42.5 cm³/mol. The Morgan fingerprint density at radius 1 is 1.60 bits per heavy atom. The van der Waals surface area contributed by atoms with Crippen molar-refractivity contribution in [3.63, 3.8) is 0 Å². The molecule has 0 aliphatic carbocycles. The molecule has 0 saturated heterocycles. The molecule has 3 nitrogen and oxygen atoms in total. The molecule has 58 valence electrons. The van der Waals surface area contributed by atoms with Gasteiger partial charge in [0.25, 0.3) is 0 Å². The van der Waals surface area contributed by atoms with Crippen molar-refractivity contribution in [2.45, 2.75) is 13.8 Å². The van der Waals surface area contributed by atoms with Gasteiger partial charge in [0, 0.05) is 12.4 Å². The number of aromatic amines is 1. The Bertz CT molecular complexity index is 106. The normalized spacial score (nSPS) is 8.80. The van der Waals surface area contributed by atoms with Crippen LogP contribution in [-0.2, 0) is 0 Å². The summed E-state index contributed by atoms with van der Waals surface area (Å²) in [4.78, 5) is 6.42. The summed E-state index contributed by atoms with van der Waals surface area (Å²) >= 11 is 0. The van der Waals surface area contributed by atoms with Gasteiger partial charge in [0.2, 0.25) is 0 Å². The molecule has 0 amide bonds. The van der Waals surface area contributed by atoms with E-state index in [2.05, 4.69) is 23.8 Å². The highest BCUT2D eigenvalue weighted by Gasteiger charge is 1.80. The molecule has 3 heteroatoms. The van der Waals surface area contributed by atoms with Crippen LogP contribution in [0.15, 0.2) is 18.7 Å². The molecule has 0 bridgehead atoms. The summed E-state index contributed by atoms with van der Waals surface area (Å²) in [6, 6.07) is 0. The summed E-state index contributed by atoms with van der Waals surface area (Å²) in [5.74, 6) is 0.662. The van der Waals surface area contributed by atoms with Crippen LogP contribution in [0.4, 0.5) is 0 Å². The van der Waals surface area contributed by atoms with E-state index < -0.39 is 0 Å². The van der Waals surface area contributed by atoms with Crippen LogP contribution in [0.1, 0.15) is 13.8 Å². The quantitative estimate of drug-likeness (QED) is 0.613. The molecule has 1 aromatic heterocycles. The Hall–Kier alpha value is -0.830. The minimum Gasteiger partial charge on any atom is -0.351 e. The molecule has 1 rings (SSSR count). The van der Waals surface area contributed by atoms with Crippen LogP contribution in [0.2, 0.25) is 0 Å². The van der Waals surface area contributed by atoms with Gasteiger partial charge in [-0.25, -0.2) is 4.98 Å². The highest BCUT2D eigenvalue weighted by molar-refractivity contribution is 4.64. The van der Waals surface area contributed by atoms with Crippen LogP contribution in [0, 0.1) is 5.92 Å². The zero-order chi connectivity index (χ0) is 7.82. The van der Waals surface area contributed by atoms with Gasteiger partial charge in [-0.3, -0.25) is 0 Å². The first kappa shape index (κ1) is 9.17. The van der Waals surface area contributed by atoms with Gasteiger partial charge < -0.3 is 10.7 Å². The number of nitrogens with zero attached hydrogens (tertiary/aromatic N) is 1. The third-order valence-electron chi connectivity index (χ3n) is 0.877. The summed E-state index contributed by atoms with van der Waals surface area (Å²) in [5.41, 5.74) is 5.17. The predicted octanol–water partition coefficient (Wildman–Crippen LogP) is 1.01. The van der Waals surface area contributed by atoms with Gasteiger partial charge >= 0.3 is 0 Å². The van der Waals surface area contributed by atoms with Gasteiger partial charge in [-0.2, -0.15) is 0 Å². The molecule has 0 aliphatic rings. The number of imidazole rings is 1. The number of hydrogen-bond acceptors (Lipinski definition) is 2. The lowest BCUT2D eigenvalue weighted by atomic mass is 10.2. The first-order valence-corrected chi connectivity index (χ1v) is 3.40. The number of rotatable bonds is 1. The Kier molecular flexibility index (Phi) is 5.77. The second-order valence-corrected chi connectivity index (χ2v) is 2.39. The third-order valence-corrected chi connectivity index (χ3v) is 0.877. The third kappa shape index (κ3) is 7.17. The van der Waals surface area contributed by atoms with Crippen LogP contribution in [-0.4, -0.2) is 16.5 Å². The lowest BCUT2D eigenvalue weighted by Crippen LogP contribution is -2.05. The van der Waals surface area contributed by atoms with E-state index >= 15 is 0 Å². The standard InChI is InChI=1S/C4H11N.C3H4N2/c1-4(2)3-5;1-2-5-3-4-1/h4H,3,5H2,1-2H3;1-3H,(H,4,5). The molecular formula is C7H15N3. The fourth-order valence-corrected chi connectivity index (χ4v) is 0.215. The second kappa shape index (κ2) is 6.29. The van der Waals surface area contributed by atoms with Crippen molar-refractivity contribution in [3.05, 3.63) is 18.7 Å². The van der Waals surface area contributed by atoms with Crippen LogP contribution >= 0.6 is 0 Å². The molecule has 0 aromatic carbocycles. The van der Waals surface area contributed by atoms with Gasteiger partial charge in [-0.1, -0.05) is 13.8 Å². The molecule has 10 heavy (non-hydrogen) atoms. The lowest BCUT2D eigenvalue weighted by molar-refractivity contribution is 0.664. The Labute approximate surface area is 61.7 Å². The zero-order valence-corrected chi connectivity index (χ0v) is 6.54. The number of H-pyrrole nitrogens is 1. The first-order valence-electron chi connectivity index (χ1n) is 3.40. The maximum Gasteiger partial charge on any atom is 0.0919 e. The SMILES string of the molecule is CC(C)CN.c1c[nH]cn1. The maximum absolute atomic E-state index is 5.17. The number of nitrogens with one attached hydrogen (secondary N) is 1. The van der Waals surface area contributed by atoms with Gasteiger partial charge in [-0.05, 0) is 12.5 Å². The van der Waals surface area contributed by atoms with Crippen LogP contribution in [0.25, 0.3) is 0 Å². The molecule has 1 aromatic rings. The fourth-order valence-electron chi connectivity index (χ4n) is 0.215. The summed E-state index contributed by atoms with van der Waals surface area (Å²) in [5, 5.41) is 0. The molecule has 0 spiro atoms. The van der Waals surface area contributed by atoms with E-state index in [1.165, 1.54) is 0 Å². The van der Waals surface area contributed by atoms with E-state index in [9.17, 15) is 0 Å². The average Bonchev–Trinajstić information content (AvgIpc) is 2.43. The lowest BCUT2D eigenvalue weighted by Gasteiger charge is -1.91. The molecule has 0 saturated carbocycles. The average molecular weight is 141 g/mol. The van der Waals surface area contributed by atoms with Crippen LogP contribution < -0.4 is 5.73 Å². The van der Waals surface area contributed by atoms with Crippen molar-refractivity contribution < 1.29 is 0 Å². The summed E-state index contributed by atoms with van der Waals surface area (Å²) in [6.07, 6.45) is 5.08. The molecule has 0 fully saturated rings. The Morgan fingerprint density at radius 2 is 2.20 bits per heavy atom. The van der Waals surface area contributed by atoms with Crippen molar-refractivity contribution in [1.29, 1.82) is 0 Å². The van der Waals surface area contributed by atoms with Crippen molar-refractivity contribution in [3.8, 4) is 0 Å². The molecular weight excluding hydrogens is 126 g/mol. The Morgan fingerprint density at radius 3 is 2.30 bits per heavy atom. The van der Waals surface area contributed by atoms with Gasteiger partial charge in [0.15, 0.2) is 0 Å². The highest BCUT2D eigenvalue weighted by atomic mass is 14.8. The van der Waals surface area contributed by atoms with E-state index in [4.69, 9.17) is 5.73 Å². The monoisotopic (exact) mass is 141 g/mol. The number of hydrogen-bond donors (Lipinski definition) is 2. The summed E-state index contributed by atoms with van der Waals surface area (Å²) in [7, 11) is 0. The highest BCUT2D eigenvalue weighted by Crippen LogP contribution is 1.81. The van der Waals surface area contributed by atoms with Gasteiger partial charge in [0.1, 0.15) is 0 Å². The van der Waals surface area contributed by atoms with E-state index in [-0.39, 0.29) is 0 Å². The van der Waals surface area contributed by atoms with Crippen molar-refractivity contribution in [1.82, 2.24) is 9.97 Å². The van der Waals surface area contributed by atoms with Gasteiger partial charge in [0.05, 0.1) is 6.33 Å². The first-order chi connectivity index (χ1) is 4.77. The van der Waals surface area contributed by atoms with Crippen molar-refractivity contribution in [2.75, 3.05) is 6.54 Å². The fraction of sp³-hybridized carbons (Fsp3) is 0.571. The molecule has 0 unspecified atom stereocenters. The molecule has 3 N–H and O–H groups in total. The minimum absolute atomic E-state index is 0.662. The van der Waals surface area contributed by atoms with Gasteiger partial charge in [-0.15, -0.1) is 0 Å². The summed E-state index contributed by atoms with van der Waals surface area (Å²) < 4.78 is 0. The largest absolute Gasteiger partial charge is 0.351 e. The van der Waals surface area contributed by atoms with Crippen LogP contribution in [0.3, 0.4) is 0 Å². The summed E-state index contributed by atoms with van der Waals surface area (Å²) in [6.45, 7) is 5.00. The van der Waals surface area contributed by atoms with Crippen LogP contribution in [0.5, 0.6) is 0 Å². The Balaban J connectivity index is 0.000000162. The van der Waals surface area contributed by atoms with Crippen molar-refractivity contribution in [2.24, 2.45) is 11.7 Å². The zero-order valence-electron chi connectivity index (χ0n) is 6.54. The second-order valence-electron chi connectivity index (χ2n) is 2.39. The molecule has 0 radical (unpaired) electrons. The van der Waals surface area contributed by atoms with E-state index in [0.717, 1.165) is 6.54 Å². The smallest absolute Gasteiger partial charge is 0.0919 e. The number of nitrogens with two attached hydrogens (primary N) is 1. The van der Waals surface area contributed by atoms with E-state index in [1.807, 2.05) is 0 Å². The molecule has 0 atom stereocenters. The molecule has 0 aliphatic heterocycles. The maximum atomic E-state index is 5.17. The van der Waals surface area contributed by atoms with E-state index in [0.29, 0.717) is 5.92 Å². The minimum atomic E-state index is 0.662. The number of aromatic nitrogens is 2. The van der Waals surface area contributed by atoms with E-state index in [1.54, 1.807) is 18.7 Å². The van der Waals surface area contributed by atoms with Crippen molar-refractivity contribution >= 4 is 0 Å². The molecule has 1 heterocycles. The topological polar surface area (TPSA) is 54.7 Å².